The van der Waals surface area contributed by atoms with Gasteiger partial charge in [-0.15, -0.1) is 0 Å². The third kappa shape index (κ3) is 4.98. The second-order valence-corrected chi connectivity index (χ2v) is 5.91. The third-order valence-electron chi connectivity index (χ3n) is 2.75. The van der Waals surface area contributed by atoms with Gasteiger partial charge in [-0.25, -0.2) is 0 Å². The highest BCUT2D eigenvalue weighted by atomic mass is 127. The number of benzene rings is 2. The molecule has 0 atom stereocenters. The molecule has 0 unspecified atom stereocenters. The van der Waals surface area contributed by atoms with E-state index >= 15 is 0 Å². The Morgan fingerprint density at radius 3 is 2.62 bits per heavy atom. The maximum absolute atomic E-state index is 11.0. The number of carbonyl (C=O) groups is 1. The number of ether oxygens (including phenoxy) is 2. The molecule has 110 valence electrons. The Morgan fingerprint density at radius 1 is 1.14 bits per heavy atom. The fraction of sp³-hybridized carbons (Fsp3) is 0.188. The molecular weight excluding hydrogens is 403 g/mol. The summed E-state index contributed by atoms with van der Waals surface area (Å²) >= 11 is 8.00. The van der Waals surface area contributed by atoms with Gasteiger partial charge < -0.3 is 9.47 Å². The molecule has 0 spiro atoms. The minimum Gasteiger partial charge on any atom is -0.489 e. The molecule has 0 amide bonds. The smallest absolute Gasteiger partial charge is 0.153 e. The van der Waals surface area contributed by atoms with Crippen molar-refractivity contribution in [2.75, 3.05) is 13.2 Å². The van der Waals surface area contributed by atoms with E-state index in [0.29, 0.717) is 36.2 Å². The van der Waals surface area contributed by atoms with Crippen LogP contribution in [0.3, 0.4) is 0 Å². The van der Waals surface area contributed by atoms with Crippen LogP contribution in [0.5, 0.6) is 5.75 Å². The van der Waals surface area contributed by atoms with Gasteiger partial charge in [0.25, 0.3) is 0 Å². The highest BCUT2D eigenvalue weighted by molar-refractivity contribution is 14.1. The summed E-state index contributed by atoms with van der Waals surface area (Å²) in [5.41, 5.74) is 1.57. The Kier molecular flexibility index (Phi) is 6.48. The number of aldehydes is 1. The molecule has 2 aromatic carbocycles. The lowest BCUT2D eigenvalue weighted by molar-refractivity contribution is 0.0879. The summed E-state index contributed by atoms with van der Waals surface area (Å²) in [6.45, 7) is 1.37. The minimum absolute atomic E-state index is 0.380. The van der Waals surface area contributed by atoms with Gasteiger partial charge in [0.15, 0.2) is 6.29 Å². The van der Waals surface area contributed by atoms with E-state index in [4.69, 9.17) is 21.1 Å². The normalized spacial score (nSPS) is 10.4. The molecule has 0 aliphatic rings. The van der Waals surface area contributed by atoms with E-state index in [1.807, 2.05) is 30.3 Å². The number of hydrogen-bond acceptors (Lipinski definition) is 3. The summed E-state index contributed by atoms with van der Waals surface area (Å²) in [6.07, 6.45) is 0.744. The fourth-order valence-corrected chi connectivity index (χ4v) is 3.00. The van der Waals surface area contributed by atoms with Crippen LogP contribution in [0.1, 0.15) is 15.9 Å². The molecule has 0 N–H and O–H groups in total. The minimum atomic E-state index is 0.380. The van der Waals surface area contributed by atoms with E-state index in [0.717, 1.165) is 15.4 Å². The van der Waals surface area contributed by atoms with E-state index in [2.05, 4.69) is 22.6 Å². The summed E-state index contributed by atoms with van der Waals surface area (Å²) in [6, 6.07) is 13.3. The predicted molar refractivity (Wildman–Crippen MR) is 91.1 cm³/mol. The average molecular weight is 417 g/mol. The lowest BCUT2D eigenvalue weighted by Crippen LogP contribution is -2.08. The first-order valence-electron chi connectivity index (χ1n) is 6.39. The van der Waals surface area contributed by atoms with Crippen LogP contribution in [0.15, 0.2) is 42.5 Å². The molecule has 0 saturated heterocycles. The Morgan fingerprint density at radius 2 is 1.90 bits per heavy atom. The monoisotopic (exact) mass is 416 g/mol. The van der Waals surface area contributed by atoms with Crippen LogP contribution in [0.2, 0.25) is 5.02 Å². The van der Waals surface area contributed by atoms with Gasteiger partial charge in [0, 0.05) is 5.02 Å². The predicted octanol–water partition coefficient (Wildman–Crippen LogP) is 4.35. The lowest BCUT2D eigenvalue weighted by Gasteiger charge is -2.11. The zero-order valence-electron chi connectivity index (χ0n) is 11.2. The van der Waals surface area contributed by atoms with Crippen LogP contribution in [0.4, 0.5) is 0 Å². The maximum Gasteiger partial charge on any atom is 0.153 e. The Balaban J connectivity index is 1.82. The van der Waals surface area contributed by atoms with Gasteiger partial charge in [0.2, 0.25) is 0 Å². The standard InChI is InChI=1S/C16H14ClIO3/c17-14-8-13(10-19)16(15(18)9-14)21-7-6-20-11-12-4-2-1-3-5-12/h1-5,8-10H,6-7,11H2. The summed E-state index contributed by atoms with van der Waals surface area (Å²) < 4.78 is 12.0. The SMILES string of the molecule is O=Cc1cc(Cl)cc(I)c1OCCOCc1ccccc1. The van der Waals surface area contributed by atoms with Gasteiger partial charge in [0.1, 0.15) is 12.4 Å². The summed E-state index contributed by atoms with van der Waals surface area (Å²) in [5, 5.41) is 0.522. The molecule has 0 aliphatic heterocycles. The molecule has 3 nitrogen and oxygen atoms in total. The molecule has 5 heteroatoms. The van der Waals surface area contributed by atoms with Gasteiger partial charge in [-0.2, -0.15) is 0 Å². The molecule has 21 heavy (non-hydrogen) atoms. The zero-order valence-corrected chi connectivity index (χ0v) is 14.1. The second-order valence-electron chi connectivity index (χ2n) is 4.31. The van der Waals surface area contributed by atoms with Crippen molar-refractivity contribution in [3.63, 3.8) is 0 Å². The molecule has 0 fully saturated rings. The van der Waals surface area contributed by atoms with Crippen molar-refractivity contribution in [1.29, 1.82) is 0 Å². The molecule has 0 aliphatic carbocycles. The second kappa shape index (κ2) is 8.36. The van der Waals surface area contributed by atoms with Gasteiger partial charge in [0.05, 0.1) is 22.3 Å². The molecule has 0 saturated carbocycles. The van der Waals surface area contributed by atoms with Crippen LogP contribution in [-0.2, 0) is 11.3 Å². The van der Waals surface area contributed by atoms with Crippen LogP contribution in [0, 0.1) is 3.57 Å². The van der Waals surface area contributed by atoms with Crippen molar-refractivity contribution in [1.82, 2.24) is 0 Å². The average Bonchev–Trinajstić information content (AvgIpc) is 2.49. The van der Waals surface area contributed by atoms with E-state index in [1.54, 1.807) is 12.1 Å². The van der Waals surface area contributed by atoms with Crippen molar-refractivity contribution in [3.05, 3.63) is 62.2 Å². The van der Waals surface area contributed by atoms with Crippen LogP contribution >= 0.6 is 34.2 Å². The Hall–Kier alpha value is -1.11. The van der Waals surface area contributed by atoms with Crippen molar-refractivity contribution in [3.8, 4) is 5.75 Å². The van der Waals surface area contributed by atoms with Crippen LogP contribution < -0.4 is 4.74 Å². The third-order valence-corrected chi connectivity index (χ3v) is 3.77. The first kappa shape index (κ1) is 16.3. The first-order valence-corrected chi connectivity index (χ1v) is 7.85. The molecule has 0 bridgehead atoms. The number of rotatable bonds is 7. The maximum atomic E-state index is 11.0. The van der Waals surface area contributed by atoms with E-state index < -0.39 is 0 Å². The van der Waals surface area contributed by atoms with Crippen molar-refractivity contribution < 1.29 is 14.3 Å². The van der Waals surface area contributed by atoms with Gasteiger partial charge in [-0.3, -0.25) is 4.79 Å². The largest absolute Gasteiger partial charge is 0.489 e. The van der Waals surface area contributed by atoms with Crippen molar-refractivity contribution >= 4 is 40.5 Å². The molecule has 2 rings (SSSR count). The van der Waals surface area contributed by atoms with E-state index in [9.17, 15) is 4.79 Å². The van der Waals surface area contributed by atoms with Gasteiger partial charge in [-0.1, -0.05) is 41.9 Å². The van der Waals surface area contributed by atoms with E-state index in [1.165, 1.54) is 0 Å². The van der Waals surface area contributed by atoms with E-state index in [-0.39, 0.29) is 0 Å². The lowest BCUT2D eigenvalue weighted by atomic mass is 10.2. The highest BCUT2D eigenvalue weighted by Gasteiger charge is 2.09. The Labute approximate surface area is 142 Å². The van der Waals surface area contributed by atoms with Crippen molar-refractivity contribution in [2.45, 2.75) is 6.61 Å². The fourth-order valence-electron chi connectivity index (χ4n) is 1.79. The topological polar surface area (TPSA) is 35.5 Å². The highest BCUT2D eigenvalue weighted by Crippen LogP contribution is 2.28. The summed E-state index contributed by atoms with van der Waals surface area (Å²) in [4.78, 5) is 11.0. The molecule has 2 aromatic rings. The molecule has 0 radical (unpaired) electrons. The summed E-state index contributed by atoms with van der Waals surface area (Å²) in [7, 11) is 0. The number of hydrogen-bond donors (Lipinski definition) is 0. The zero-order chi connectivity index (χ0) is 15.1. The summed E-state index contributed by atoms with van der Waals surface area (Å²) in [5.74, 6) is 0.554. The number of carbonyl (C=O) groups excluding carboxylic acids is 1. The van der Waals surface area contributed by atoms with Gasteiger partial charge in [-0.05, 0) is 40.3 Å². The first-order chi connectivity index (χ1) is 10.2. The molecular formula is C16H14ClIO3. The quantitative estimate of drug-likeness (QED) is 0.382. The van der Waals surface area contributed by atoms with Crippen LogP contribution in [0.25, 0.3) is 0 Å². The molecule has 0 aromatic heterocycles. The van der Waals surface area contributed by atoms with Crippen molar-refractivity contribution in [2.24, 2.45) is 0 Å². The Bertz CT molecular complexity index is 602. The number of halogens is 2. The van der Waals surface area contributed by atoms with Crippen LogP contribution in [-0.4, -0.2) is 19.5 Å². The van der Waals surface area contributed by atoms with Gasteiger partial charge >= 0.3 is 0 Å². The molecule has 0 heterocycles.